The number of unbranched alkanes of at least 4 members (excludes halogenated alkanes) is 1. The lowest BCUT2D eigenvalue weighted by atomic mass is 10.0. The number of ether oxygens (including phenoxy) is 1. The second-order valence-corrected chi connectivity index (χ2v) is 9.95. The van der Waals surface area contributed by atoms with Gasteiger partial charge < -0.3 is 9.84 Å². The number of rotatable bonds is 13. The van der Waals surface area contributed by atoms with Crippen LogP contribution in [0.15, 0.2) is 41.3 Å². The molecule has 0 spiro atoms. The van der Waals surface area contributed by atoms with Gasteiger partial charge in [0.15, 0.2) is 6.29 Å². The van der Waals surface area contributed by atoms with Gasteiger partial charge in [-0.15, -0.1) is 11.8 Å². The van der Waals surface area contributed by atoms with Gasteiger partial charge >= 0.3 is 5.97 Å². The van der Waals surface area contributed by atoms with Crippen molar-refractivity contribution in [2.45, 2.75) is 50.8 Å². The van der Waals surface area contributed by atoms with Crippen LogP contribution in [0.4, 0.5) is 5.69 Å². The van der Waals surface area contributed by atoms with E-state index in [0.717, 1.165) is 29.3 Å². The summed E-state index contributed by atoms with van der Waals surface area (Å²) in [6.07, 6.45) is 5.76. The Labute approximate surface area is 223 Å². The number of esters is 1. The van der Waals surface area contributed by atoms with Crippen LogP contribution in [0.2, 0.25) is 0 Å². The monoisotopic (exact) mass is 615 g/mol. The largest absolute Gasteiger partial charge is 0.507 e. The van der Waals surface area contributed by atoms with Crippen LogP contribution >= 0.6 is 34.4 Å². The van der Waals surface area contributed by atoms with E-state index in [2.05, 4.69) is 13.8 Å². The molecule has 2 rings (SSSR count). The minimum atomic E-state index is -0.580. The molecule has 2 aromatic carbocycles. The molecule has 8 nitrogen and oxygen atoms in total. The number of benzene rings is 2. The lowest BCUT2D eigenvalue weighted by Crippen LogP contribution is -2.14. The third-order valence-electron chi connectivity index (χ3n) is 5.03. The molecule has 1 atom stereocenters. The van der Waals surface area contributed by atoms with Crippen LogP contribution in [0.3, 0.4) is 0 Å². The molecule has 0 amide bonds. The highest BCUT2D eigenvalue weighted by atomic mass is 127. The van der Waals surface area contributed by atoms with Gasteiger partial charge in [0.1, 0.15) is 12.0 Å². The number of nitro groups is 1. The van der Waals surface area contributed by atoms with Crippen LogP contribution in [0.5, 0.6) is 5.75 Å². The van der Waals surface area contributed by atoms with E-state index in [0.29, 0.717) is 41.3 Å². The first kappa shape index (κ1) is 30.6. The van der Waals surface area contributed by atoms with E-state index in [4.69, 9.17) is 9.84 Å². The molecule has 0 radical (unpaired) electrons. The molecule has 10 heteroatoms. The number of carbonyl (C=O) groups is 3. The number of nitro benzene ring substituents is 1. The van der Waals surface area contributed by atoms with Gasteiger partial charge in [-0.25, -0.2) is 0 Å². The number of aromatic hydroxyl groups is 1. The summed E-state index contributed by atoms with van der Waals surface area (Å²) in [6, 6.07) is 9.22. The maximum Gasteiger partial charge on any atom is 0.306 e. The van der Waals surface area contributed by atoms with Gasteiger partial charge in [0.2, 0.25) is 0 Å². The highest BCUT2D eigenvalue weighted by molar-refractivity contribution is 14.1. The van der Waals surface area contributed by atoms with E-state index >= 15 is 0 Å². The maximum atomic E-state index is 11.8. The van der Waals surface area contributed by atoms with E-state index in [1.54, 1.807) is 18.2 Å². The van der Waals surface area contributed by atoms with Crippen molar-refractivity contribution in [1.82, 2.24) is 0 Å². The molecule has 2 aromatic rings. The summed E-state index contributed by atoms with van der Waals surface area (Å²) in [5.74, 6) is 0.795. The Morgan fingerprint density at radius 1 is 1.20 bits per heavy atom. The summed E-state index contributed by atoms with van der Waals surface area (Å²) < 4.78 is 6.07. The van der Waals surface area contributed by atoms with Gasteiger partial charge in [-0.2, -0.15) is 0 Å². The molecule has 0 bridgehead atoms. The van der Waals surface area contributed by atoms with Gasteiger partial charge in [0.05, 0.1) is 27.1 Å². The number of phenols is 1. The van der Waals surface area contributed by atoms with Crippen molar-refractivity contribution in [3.8, 4) is 5.75 Å². The fourth-order valence-corrected chi connectivity index (χ4v) is 4.11. The summed E-state index contributed by atoms with van der Waals surface area (Å²) in [5, 5.41) is 20.0. The van der Waals surface area contributed by atoms with Gasteiger partial charge in [-0.05, 0) is 59.2 Å². The quantitative estimate of drug-likeness (QED) is 0.0681. The van der Waals surface area contributed by atoms with Crippen LogP contribution in [-0.4, -0.2) is 40.9 Å². The maximum absolute atomic E-state index is 11.8. The number of phenolic OH excluding ortho intramolecular Hbond substituents is 1. The van der Waals surface area contributed by atoms with Crippen LogP contribution in [-0.2, 0) is 9.53 Å². The average Bonchev–Trinajstić information content (AvgIpc) is 2.86. The number of halogens is 1. The zero-order valence-corrected chi connectivity index (χ0v) is 22.8. The number of hydrogen-bond acceptors (Lipinski definition) is 8. The predicted octanol–water partition coefficient (Wildman–Crippen LogP) is 6.46. The predicted molar refractivity (Wildman–Crippen MR) is 144 cm³/mol. The topological polar surface area (TPSA) is 124 Å². The molecular weight excluding hydrogens is 585 g/mol. The summed E-state index contributed by atoms with van der Waals surface area (Å²) >= 11 is 3.32. The molecule has 35 heavy (non-hydrogen) atoms. The summed E-state index contributed by atoms with van der Waals surface area (Å²) in [5.41, 5.74) is 0.327. The number of carbonyl (C=O) groups excluding carboxylic acids is 3. The molecule has 0 saturated carbocycles. The minimum absolute atomic E-state index is 0.0476. The van der Waals surface area contributed by atoms with Crippen molar-refractivity contribution in [1.29, 1.82) is 0 Å². The van der Waals surface area contributed by atoms with Crippen LogP contribution in [0.25, 0.3) is 0 Å². The van der Waals surface area contributed by atoms with Crippen molar-refractivity contribution < 1.29 is 29.2 Å². The Bertz CT molecular complexity index is 1000. The molecule has 0 heterocycles. The lowest BCUT2D eigenvalue weighted by Gasteiger charge is -2.14. The first-order valence-electron chi connectivity index (χ1n) is 11.2. The van der Waals surface area contributed by atoms with E-state index in [9.17, 15) is 24.5 Å². The Kier molecular flexibility index (Phi) is 14.9. The van der Waals surface area contributed by atoms with Crippen molar-refractivity contribution >= 4 is 58.6 Å². The normalized spacial score (nSPS) is 11.1. The fourth-order valence-electron chi connectivity index (χ4n) is 2.91. The first-order valence-corrected chi connectivity index (χ1v) is 13.3. The van der Waals surface area contributed by atoms with Crippen molar-refractivity contribution in [2.75, 3.05) is 12.4 Å². The number of thioether (sulfide) groups is 1. The lowest BCUT2D eigenvalue weighted by molar-refractivity contribution is -0.385. The van der Waals surface area contributed by atoms with Gasteiger partial charge in [0.25, 0.3) is 5.69 Å². The first-order chi connectivity index (χ1) is 16.7. The zero-order chi connectivity index (χ0) is 26.2. The summed E-state index contributed by atoms with van der Waals surface area (Å²) in [4.78, 5) is 43.8. The standard InChI is InChI=1S/C18H25NO5S.C7H5IO2/c1-3-5-6-14(4-2)13-24-18(21)9-10-25-16-8-7-15(12-20)17(11-16)19(22)23;8-6-2-1-5(4-9)3-7(6)10/h7-8,11-12,14H,3-6,9-10,13H2,1-2H3;1-4,10H. The molecule has 1 unspecified atom stereocenters. The van der Waals surface area contributed by atoms with Gasteiger partial charge in [0, 0.05) is 22.3 Å². The molecule has 0 saturated heterocycles. The Hall–Kier alpha value is -2.47. The van der Waals surface area contributed by atoms with Gasteiger partial charge in [-0.1, -0.05) is 39.2 Å². The van der Waals surface area contributed by atoms with E-state index < -0.39 is 4.92 Å². The Balaban J connectivity index is 0.000000507. The number of hydrogen-bond donors (Lipinski definition) is 1. The molecule has 0 aliphatic carbocycles. The fraction of sp³-hybridized carbons (Fsp3) is 0.400. The number of aldehydes is 2. The van der Waals surface area contributed by atoms with E-state index in [1.165, 1.54) is 30.0 Å². The molecule has 0 aromatic heterocycles. The second-order valence-electron chi connectivity index (χ2n) is 7.62. The molecule has 190 valence electrons. The Morgan fingerprint density at radius 3 is 2.51 bits per heavy atom. The third kappa shape index (κ3) is 11.7. The van der Waals surface area contributed by atoms with Crippen molar-refractivity contribution in [2.24, 2.45) is 5.92 Å². The Morgan fingerprint density at radius 2 is 1.94 bits per heavy atom. The highest BCUT2D eigenvalue weighted by Crippen LogP contribution is 2.26. The minimum Gasteiger partial charge on any atom is -0.507 e. The van der Waals surface area contributed by atoms with Crippen molar-refractivity contribution in [3.63, 3.8) is 0 Å². The summed E-state index contributed by atoms with van der Waals surface area (Å²) in [6.45, 7) is 4.70. The number of nitrogens with zero attached hydrogens (tertiary/aromatic N) is 1. The molecule has 1 N–H and O–H groups in total. The average molecular weight is 615 g/mol. The van der Waals surface area contributed by atoms with Crippen LogP contribution < -0.4 is 0 Å². The second kappa shape index (κ2) is 17.0. The van der Waals surface area contributed by atoms with Crippen LogP contribution in [0, 0.1) is 19.6 Å². The van der Waals surface area contributed by atoms with Gasteiger partial charge in [-0.3, -0.25) is 24.5 Å². The van der Waals surface area contributed by atoms with Crippen molar-refractivity contribution in [3.05, 3.63) is 61.2 Å². The SMILES string of the molecule is CCCCC(CC)COC(=O)CCSc1ccc(C=O)c([N+](=O)[O-])c1.O=Cc1ccc(I)c(O)c1. The molecule has 0 aliphatic heterocycles. The van der Waals surface area contributed by atoms with Crippen LogP contribution in [0.1, 0.15) is 66.7 Å². The highest BCUT2D eigenvalue weighted by Gasteiger charge is 2.15. The summed E-state index contributed by atoms with van der Waals surface area (Å²) in [7, 11) is 0. The van der Waals surface area contributed by atoms with E-state index in [1.807, 2.05) is 22.6 Å². The molecular formula is C25H30INO7S. The molecule has 0 fully saturated rings. The molecule has 0 aliphatic rings. The van der Waals surface area contributed by atoms with E-state index in [-0.39, 0.29) is 29.4 Å². The zero-order valence-electron chi connectivity index (χ0n) is 19.8. The third-order valence-corrected chi connectivity index (χ3v) is 6.94. The smallest absolute Gasteiger partial charge is 0.306 e.